The lowest BCUT2D eigenvalue weighted by molar-refractivity contribution is 0.602. The second kappa shape index (κ2) is 16.5. The van der Waals surface area contributed by atoms with Crippen molar-refractivity contribution in [3.8, 4) is 0 Å². The number of hydrogen-bond donors (Lipinski definition) is 0. The summed E-state index contributed by atoms with van der Waals surface area (Å²) in [6.07, 6.45) is 9.97. The molecule has 0 aromatic rings. The zero-order valence-corrected chi connectivity index (χ0v) is 8.95. The first-order valence-electron chi connectivity index (χ1n) is 5.41. The van der Waals surface area contributed by atoms with Crippen LogP contribution in [0.15, 0.2) is 0 Å². The predicted octanol–water partition coefficient (Wildman–Crippen LogP) is 4.78. The van der Waals surface area contributed by atoms with Crippen LogP contribution in [0, 0.1) is 0 Å². The van der Waals surface area contributed by atoms with E-state index >= 15 is 0 Å². The largest absolute Gasteiger partial charge is 0.0683 e. The summed E-state index contributed by atoms with van der Waals surface area (Å²) in [6, 6.07) is 0. The van der Waals surface area contributed by atoms with Crippen molar-refractivity contribution in [2.75, 3.05) is 0 Å². The fourth-order valence-electron chi connectivity index (χ4n) is 1.03. The molecule has 70 valence electrons. The van der Waals surface area contributed by atoms with Gasteiger partial charge in [-0.15, -0.1) is 0 Å². The molecular formula is C11H26. The van der Waals surface area contributed by atoms with E-state index in [2.05, 4.69) is 13.8 Å². The molecule has 0 amide bonds. The summed E-state index contributed by atoms with van der Waals surface area (Å²) in [5.41, 5.74) is 0. The topological polar surface area (TPSA) is 0 Å². The number of rotatable bonds is 6. The van der Waals surface area contributed by atoms with E-state index in [9.17, 15) is 0 Å². The maximum absolute atomic E-state index is 2.26. The molecule has 0 aliphatic carbocycles. The molecule has 11 heavy (non-hydrogen) atoms. The lowest BCUT2D eigenvalue weighted by Gasteiger charge is -1.96. The zero-order valence-electron chi connectivity index (χ0n) is 8.95. The summed E-state index contributed by atoms with van der Waals surface area (Å²) >= 11 is 0. The molecule has 0 heterocycles. The molecule has 0 saturated heterocycles. The maximum atomic E-state index is 2.26. The molecule has 0 aliphatic rings. The molecule has 0 spiro atoms. The first-order valence-corrected chi connectivity index (χ1v) is 5.41. The van der Waals surface area contributed by atoms with Crippen molar-refractivity contribution in [2.24, 2.45) is 0 Å². The molecule has 0 aliphatic heterocycles. The minimum Gasteiger partial charge on any atom is -0.0683 e. The Labute approximate surface area is 73.4 Å². The van der Waals surface area contributed by atoms with Gasteiger partial charge in [-0.1, -0.05) is 72.6 Å². The van der Waals surface area contributed by atoms with Crippen LogP contribution in [0.2, 0.25) is 0 Å². The third-order valence-electron chi connectivity index (χ3n) is 1.71. The third-order valence-corrected chi connectivity index (χ3v) is 1.71. The fourth-order valence-corrected chi connectivity index (χ4v) is 1.03. The Morgan fingerprint density at radius 2 is 0.818 bits per heavy atom. The van der Waals surface area contributed by atoms with Crippen molar-refractivity contribution in [3.63, 3.8) is 0 Å². The SMILES string of the molecule is CC.CCCCCCCCC. The highest BCUT2D eigenvalue weighted by atomic mass is 13.9. The van der Waals surface area contributed by atoms with Gasteiger partial charge in [0.1, 0.15) is 0 Å². The summed E-state index contributed by atoms with van der Waals surface area (Å²) < 4.78 is 0. The molecule has 0 atom stereocenters. The van der Waals surface area contributed by atoms with E-state index in [0.29, 0.717) is 0 Å². The molecule has 0 unspecified atom stereocenters. The van der Waals surface area contributed by atoms with Crippen LogP contribution in [0.1, 0.15) is 72.6 Å². The van der Waals surface area contributed by atoms with Gasteiger partial charge in [0.15, 0.2) is 0 Å². The van der Waals surface area contributed by atoms with Gasteiger partial charge in [-0.2, -0.15) is 0 Å². The maximum Gasteiger partial charge on any atom is -0.0533 e. The Bertz CT molecular complexity index is 33.3. The van der Waals surface area contributed by atoms with Crippen LogP contribution >= 0.6 is 0 Å². The van der Waals surface area contributed by atoms with Crippen LogP contribution in [0.25, 0.3) is 0 Å². The van der Waals surface area contributed by atoms with Gasteiger partial charge in [0.05, 0.1) is 0 Å². The Kier molecular flexibility index (Phi) is 20.4. The molecule has 0 saturated carbocycles. The van der Waals surface area contributed by atoms with E-state index < -0.39 is 0 Å². The fraction of sp³-hybridized carbons (Fsp3) is 1.00. The minimum atomic E-state index is 1.37. The van der Waals surface area contributed by atoms with Crippen LogP contribution < -0.4 is 0 Å². The summed E-state index contributed by atoms with van der Waals surface area (Å²) in [5, 5.41) is 0. The Morgan fingerprint density at radius 1 is 0.545 bits per heavy atom. The van der Waals surface area contributed by atoms with Crippen molar-refractivity contribution in [1.29, 1.82) is 0 Å². The van der Waals surface area contributed by atoms with E-state index in [0.717, 1.165) is 0 Å². The van der Waals surface area contributed by atoms with Crippen molar-refractivity contribution in [3.05, 3.63) is 0 Å². The van der Waals surface area contributed by atoms with Gasteiger partial charge in [0.2, 0.25) is 0 Å². The highest BCUT2D eigenvalue weighted by Gasteiger charge is 1.85. The summed E-state index contributed by atoms with van der Waals surface area (Å²) in [4.78, 5) is 0. The van der Waals surface area contributed by atoms with E-state index in [-0.39, 0.29) is 0 Å². The van der Waals surface area contributed by atoms with Crippen molar-refractivity contribution >= 4 is 0 Å². The number of hydrogen-bond acceptors (Lipinski definition) is 0. The summed E-state index contributed by atoms with van der Waals surface area (Å²) in [5.74, 6) is 0. The molecule has 0 bridgehead atoms. The molecule has 0 radical (unpaired) electrons. The highest BCUT2D eigenvalue weighted by molar-refractivity contribution is 4.41. The standard InChI is InChI=1S/C9H20.C2H6/c1-3-5-7-9-8-6-4-2;1-2/h3-9H2,1-2H3;1-2H3. The van der Waals surface area contributed by atoms with Gasteiger partial charge >= 0.3 is 0 Å². The number of unbranched alkanes of at least 4 members (excludes halogenated alkanes) is 6. The van der Waals surface area contributed by atoms with Crippen molar-refractivity contribution in [2.45, 2.75) is 72.6 Å². The van der Waals surface area contributed by atoms with Crippen LogP contribution in [-0.2, 0) is 0 Å². The highest BCUT2D eigenvalue weighted by Crippen LogP contribution is 2.05. The second-order valence-electron chi connectivity index (χ2n) is 2.77. The van der Waals surface area contributed by atoms with Crippen LogP contribution in [0.4, 0.5) is 0 Å². The van der Waals surface area contributed by atoms with E-state index in [1.54, 1.807) is 0 Å². The van der Waals surface area contributed by atoms with Gasteiger partial charge in [-0.25, -0.2) is 0 Å². The molecule has 0 nitrogen and oxygen atoms in total. The minimum absolute atomic E-state index is 1.37. The molecule has 0 rings (SSSR count). The molecule has 0 N–H and O–H groups in total. The quantitative estimate of drug-likeness (QED) is 0.488. The molecule has 0 fully saturated rings. The van der Waals surface area contributed by atoms with Gasteiger partial charge in [0.25, 0.3) is 0 Å². The van der Waals surface area contributed by atoms with Gasteiger partial charge < -0.3 is 0 Å². The average Bonchev–Trinajstić information content (AvgIpc) is 2.08. The Morgan fingerprint density at radius 3 is 1.09 bits per heavy atom. The normalized spacial score (nSPS) is 8.73. The van der Waals surface area contributed by atoms with Crippen LogP contribution in [-0.4, -0.2) is 0 Å². The van der Waals surface area contributed by atoms with Crippen LogP contribution in [0.3, 0.4) is 0 Å². The molecule has 0 aromatic heterocycles. The average molecular weight is 158 g/mol. The lowest BCUT2D eigenvalue weighted by atomic mass is 10.1. The van der Waals surface area contributed by atoms with E-state index in [1.165, 1.54) is 44.9 Å². The summed E-state index contributed by atoms with van der Waals surface area (Å²) in [6.45, 7) is 8.53. The smallest absolute Gasteiger partial charge is 0.0533 e. The van der Waals surface area contributed by atoms with Crippen LogP contribution in [0.5, 0.6) is 0 Å². The van der Waals surface area contributed by atoms with Crippen molar-refractivity contribution < 1.29 is 0 Å². The molecule has 0 aromatic carbocycles. The Balaban J connectivity index is 0. The molecule has 0 heteroatoms. The van der Waals surface area contributed by atoms with Gasteiger partial charge in [0, 0.05) is 0 Å². The van der Waals surface area contributed by atoms with Gasteiger partial charge in [-0.05, 0) is 0 Å². The zero-order chi connectivity index (χ0) is 8.95. The first-order chi connectivity index (χ1) is 5.41. The summed E-state index contributed by atoms with van der Waals surface area (Å²) in [7, 11) is 0. The second-order valence-corrected chi connectivity index (χ2v) is 2.77. The Hall–Kier alpha value is 0. The van der Waals surface area contributed by atoms with E-state index in [1.807, 2.05) is 13.8 Å². The third kappa shape index (κ3) is 17.8. The first kappa shape index (κ1) is 13.6. The van der Waals surface area contributed by atoms with E-state index in [4.69, 9.17) is 0 Å². The lowest BCUT2D eigenvalue weighted by Crippen LogP contribution is -1.76. The van der Waals surface area contributed by atoms with Crippen molar-refractivity contribution in [1.82, 2.24) is 0 Å². The predicted molar refractivity (Wildman–Crippen MR) is 55.0 cm³/mol. The van der Waals surface area contributed by atoms with Gasteiger partial charge in [-0.3, -0.25) is 0 Å². The monoisotopic (exact) mass is 158 g/mol. The molecular weight excluding hydrogens is 132 g/mol.